The minimum absolute atomic E-state index is 0.0169. The summed E-state index contributed by atoms with van der Waals surface area (Å²) in [6.07, 6.45) is -0.870. The van der Waals surface area contributed by atoms with E-state index in [0.29, 0.717) is 5.57 Å². The van der Waals surface area contributed by atoms with Crippen molar-refractivity contribution in [1.29, 1.82) is 0 Å². The number of nitrogens with zero attached hydrogens (tertiary/aromatic N) is 2. The van der Waals surface area contributed by atoms with Crippen molar-refractivity contribution >= 4 is 29.9 Å². The highest BCUT2D eigenvalue weighted by molar-refractivity contribution is 6.44. The third-order valence-corrected chi connectivity index (χ3v) is 2.62. The Morgan fingerprint density at radius 2 is 2.38 bits per heavy atom. The fourth-order valence-corrected chi connectivity index (χ4v) is 1.60. The van der Waals surface area contributed by atoms with E-state index in [1.807, 2.05) is 0 Å². The van der Waals surface area contributed by atoms with Gasteiger partial charge in [-0.2, -0.15) is 0 Å². The normalized spacial score (nSPS) is 24.1. The molecule has 0 aliphatic carbocycles. The van der Waals surface area contributed by atoms with E-state index in [2.05, 4.69) is 21.6 Å². The quantitative estimate of drug-likeness (QED) is 0.525. The van der Waals surface area contributed by atoms with Gasteiger partial charge in [-0.1, -0.05) is 11.6 Å². The van der Waals surface area contributed by atoms with Crippen molar-refractivity contribution in [1.82, 2.24) is 21.4 Å². The van der Waals surface area contributed by atoms with E-state index in [-0.39, 0.29) is 17.5 Å². The molecule has 3 N–H and O–H groups in total. The highest BCUT2D eigenvalue weighted by Gasteiger charge is 2.41. The van der Waals surface area contributed by atoms with Gasteiger partial charge in [-0.15, -0.1) is 10.6 Å². The number of ether oxygens (including phenoxy) is 1. The average Bonchev–Trinajstić information content (AvgIpc) is 2.85. The van der Waals surface area contributed by atoms with Gasteiger partial charge in [0.15, 0.2) is 0 Å². The molecule has 0 aromatic carbocycles. The molecule has 2 aliphatic rings. The molecule has 2 heterocycles. The molecule has 0 spiro atoms. The van der Waals surface area contributed by atoms with E-state index >= 15 is 0 Å². The Hall–Kier alpha value is -1.80. The third-order valence-electron chi connectivity index (χ3n) is 2.16. The molecule has 0 fully saturated rings. The lowest BCUT2D eigenvalue weighted by Crippen LogP contribution is -2.49. The molecule has 1 unspecified atom stereocenters. The van der Waals surface area contributed by atoms with Gasteiger partial charge in [0.1, 0.15) is 5.03 Å². The number of carbonyl (C=O) groups excluding carboxylic acids is 2. The van der Waals surface area contributed by atoms with Gasteiger partial charge in [0.2, 0.25) is 12.2 Å². The summed E-state index contributed by atoms with van der Waals surface area (Å²) in [6, 6.07) is 0. The highest BCUT2D eigenvalue weighted by atomic mass is 35.5. The van der Waals surface area contributed by atoms with Crippen molar-refractivity contribution in [3.05, 3.63) is 10.6 Å². The lowest BCUT2D eigenvalue weighted by Gasteiger charge is -2.22. The first kappa shape index (κ1) is 10.7. The predicted molar refractivity (Wildman–Crippen MR) is 53.2 cm³/mol. The number of halogens is 1. The topological polar surface area (TPSA) is 95.1 Å². The van der Waals surface area contributed by atoms with Crippen molar-refractivity contribution in [2.24, 2.45) is 5.10 Å². The molecule has 1 amide bonds. The SMILES string of the molecule is CC1=C(Cl)C(=O)N(C2=NNNN2)C1OC=O. The number of amides is 1. The lowest BCUT2D eigenvalue weighted by atomic mass is 10.3. The monoisotopic (exact) mass is 245 g/mol. The van der Waals surface area contributed by atoms with E-state index in [1.54, 1.807) is 6.92 Å². The van der Waals surface area contributed by atoms with Crippen LogP contribution in [-0.2, 0) is 14.3 Å². The molecule has 16 heavy (non-hydrogen) atoms. The molecule has 0 bridgehead atoms. The van der Waals surface area contributed by atoms with E-state index in [9.17, 15) is 9.59 Å². The maximum Gasteiger partial charge on any atom is 0.295 e. The fourth-order valence-electron chi connectivity index (χ4n) is 1.41. The molecule has 86 valence electrons. The summed E-state index contributed by atoms with van der Waals surface area (Å²) in [5, 5.41) is 3.75. The smallest absolute Gasteiger partial charge is 0.295 e. The summed E-state index contributed by atoms with van der Waals surface area (Å²) in [4.78, 5) is 23.2. The van der Waals surface area contributed by atoms with Crippen molar-refractivity contribution in [2.75, 3.05) is 0 Å². The maximum atomic E-state index is 11.8. The lowest BCUT2D eigenvalue weighted by molar-refractivity contribution is -0.140. The Bertz CT molecular complexity index is 407. The Kier molecular flexibility index (Phi) is 2.67. The Morgan fingerprint density at radius 1 is 1.62 bits per heavy atom. The number of hydrazone groups is 1. The van der Waals surface area contributed by atoms with E-state index in [4.69, 9.17) is 16.3 Å². The number of hydrogen-bond acceptors (Lipinski definition) is 7. The molecular formula is C7H8ClN5O3. The van der Waals surface area contributed by atoms with Gasteiger partial charge >= 0.3 is 0 Å². The highest BCUT2D eigenvalue weighted by Crippen LogP contribution is 2.28. The van der Waals surface area contributed by atoms with Crippen LogP contribution in [0.15, 0.2) is 15.7 Å². The molecule has 8 nitrogen and oxygen atoms in total. The summed E-state index contributed by atoms with van der Waals surface area (Å²) in [5.74, 6) is -0.311. The van der Waals surface area contributed by atoms with Crippen LogP contribution in [0.25, 0.3) is 0 Å². The van der Waals surface area contributed by atoms with Gasteiger partial charge in [-0.3, -0.25) is 15.0 Å². The number of rotatable bonds is 2. The summed E-state index contributed by atoms with van der Waals surface area (Å²) >= 11 is 5.79. The molecule has 0 saturated heterocycles. The van der Waals surface area contributed by atoms with Crippen LogP contribution >= 0.6 is 11.6 Å². The van der Waals surface area contributed by atoms with Crippen LogP contribution in [0, 0.1) is 0 Å². The number of hydrogen-bond donors (Lipinski definition) is 3. The van der Waals surface area contributed by atoms with E-state index < -0.39 is 12.1 Å². The summed E-state index contributed by atoms with van der Waals surface area (Å²) in [5.41, 5.74) is 7.87. The van der Waals surface area contributed by atoms with Crippen LogP contribution in [0.4, 0.5) is 0 Å². The Balaban J connectivity index is 2.30. The van der Waals surface area contributed by atoms with E-state index in [0.717, 1.165) is 4.90 Å². The number of carbonyl (C=O) groups is 2. The number of nitrogens with one attached hydrogen (secondary N) is 3. The van der Waals surface area contributed by atoms with Crippen LogP contribution in [-0.4, -0.2) is 29.5 Å². The van der Waals surface area contributed by atoms with Crippen LogP contribution in [0.1, 0.15) is 6.92 Å². The first-order valence-electron chi connectivity index (χ1n) is 4.29. The predicted octanol–water partition coefficient (Wildman–Crippen LogP) is -1.28. The van der Waals surface area contributed by atoms with Gasteiger partial charge in [-0.05, 0) is 6.92 Å². The summed E-state index contributed by atoms with van der Waals surface area (Å²) in [6.45, 7) is 1.85. The minimum atomic E-state index is -0.870. The largest absolute Gasteiger partial charge is 0.439 e. The standard InChI is InChI=1S/C7H8ClN5O3/c1-3-4(8)5(15)13(6(3)16-2-14)7-9-11-12-10-7/h2,6,11-12H,1H3,(H,9,10). The zero-order valence-electron chi connectivity index (χ0n) is 8.15. The van der Waals surface area contributed by atoms with Gasteiger partial charge in [0.25, 0.3) is 12.4 Å². The van der Waals surface area contributed by atoms with Crippen molar-refractivity contribution < 1.29 is 14.3 Å². The van der Waals surface area contributed by atoms with Gasteiger partial charge < -0.3 is 4.74 Å². The van der Waals surface area contributed by atoms with Crippen LogP contribution < -0.4 is 16.5 Å². The zero-order valence-corrected chi connectivity index (χ0v) is 8.91. The van der Waals surface area contributed by atoms with Crippen LogP contribution in [0.3, 0.4) is 0 Å². The molecule has 0 aromatic rings. The molecule has 9 heteroatoms. The van der Waals surface area contributed by atoms with Crippen LogP contribution in [0.5, 0.6) is 0 Å². The summed E-state index contributed by atoms with van der Waals surface area (Å²) < 4.78 is 4.79. The second kappa shape index (κ2) is 3.99. The minimum Gasteiger partial charge on any atom is -0.439 e. The number of hydrazine groups is 2. The fraction of sp³-hybridized carbons (Fsp3) is 0.286. The van der Waals surface area contributed by atoms with Gasteiger partial charge in [0, 0.05) is 5.57 Å². The van der Waals surface area contributed by atoms with Gasteiger partial charge in [0.05, 0.1) is 0 Å². The molecular weight excluding hydrogens is 238 g/mol. The average molecular weight is 246 g/mol. The number of guanidine groups is 1. The maximum absolute atomic E-state index is 11.8. The Labute approximate surface area is 95.2 Å². The molecule has 2 aliphatic heterocycles. The van der Waals surface area contributed by atoms with Crippen molar-refractivity contribution in [3.63, 3.8) is 0 Å². The Morgan fingerprint density at radius 3 is 2.94 bits per heavy atom. The molecule has 0 radical (unpaired) electrons. The second-order valence-electron chi connectivity index (χ2n) is 3.05. The van der Waals surface area contributed by atoms with Crippen molar-refractivity contribution in [3.8, 4) is 0 Å². The first-order chi connectivity index (χ1) is 7.66. The second-order valence-corrected chi connectivity index (χ2v) is 3.43. The molecule has 2 rings (SSSR count). The first-order valence-corrected chi connectivity index (χ1v) is 4.67. The van der Waals surface area contributed by atoms with Crippen molar-refractivity contribution in [2.45, 2.75) is 13.2 Å². The molecule has 0 saturated carbocycles. The molecule has 0 aromatic heterocycles. The summed E-state index contributed by atoms with van der Waals surface area (Å²) in [7, 11) is 0. The third kappa shape index (κ3) is 1.48. The molecule has 1 atom stereocenters. The van der Waals surface area contributed by atoms with Crippen LogP contribution in [0.2, 0.25) is 0 Å². The zero-order chi connectivity index (χ0) is 11.7. The van der Waals surface area contributed by atoms with E-state index in [1.165, 1.54) is 0 Å². The van der Waals surface area contributed by atoms with Gasteiger partial charge in [-0.25, -0.2) is 10.4 Å².